The van der Waals surface area contributed by atoms with E-state index in [9.17, 15) is 14.4 Å². The fraction of sp³-hybridized carbons (Fsp3) is 0.750. The molecule has 0 aliphatic carbocycles. The zero-order chi connectivity index (χ0) is 47.9. The van der Waals surface area contributed by atoms with Gasteiger partial charge in [-0.15, -0.1) is 0 Å². The molecule has 0 saturated heterocycles. The van der Waals surface area contributed by atoms with Crippen molar-refractivity contribution in [1.82, 2.24) is 0 Å². The summed E-state index contributed by atoms with van der Waals surface area (Å²) in [5, 5.41) is 0. The van der Waals surface area contributed by atoms with Crippen LogP contribution in [0.15, 0.2) is 72.9 Å². The molecule has 0 aliphatic heterocycles. The number of esters is 3. The third-order valence-corrected chi connectivity index (χ3v) is 11.9. The van der Waals surface area contributed by atoms with Crippen LogP contribution in [0.3, 0.4) is 0 Å². The first kappa shape index (κ1) is 62.8. The van der Waals surface area contributed by atoms with E-state index < -0.39 is 6.10 Å². The van der Waals surface area contributed by atoms with Gasteiger partial charge in [-0.1, -0.05) is 222 Å². The Bertz CT molecular complexity index is 1240. The van der Waals surface area contributed by atoms with Crippen molar-refractivity contribution < 1.29 is 28.6 Å². The molecule has 1 atom stereocenters. The molecule has 6 nitrogen and oxygen atoms in total. The zero-order valence-corrected chi connectivity index (χ0v) is 43.4. The first-order valence-corrected chi connectivity index (χ1v) is 28.0. The predicted octanol–water partition coefficient (Wildman–Crippen LogP) is 18.6. The summed E-state index contributed by atoms with van der Waals surface area (Å²) in [6.45, 7) is 6.48. The zero-order valence-electron chi connectivity index (χ0n) is 43.4. The van der Waals surface area contributed by atoms with Crippen LogP contribution < -0.4 is 0 Å². The highest BCUT2D eigenvalue weighted by atomic mass is 16.6. The highest BCUT2D eigenvalue weighted by Gasteiger charge is 2.19. The molecular weight excluding hydrogens is 817 g/mol. The van der Waals surface area contributed by atoms with Gasteiger partial charge in [0.05, 0.1) is 0 Å². The Morgan fingerprint density at radius 1 is 0.333 bits per heavy atom. The minimum absolute atomic E-state index is 0.0874. The van der Waals surface area contributed by atoms with Gasteiger partial charge in [-0.05, 0) is 103 Å². The van der Waals surface area contributed by atoms with Gasteiger partial charge in [-0.25, -0.2) is 0 Å². The highest BCUT2D eigenvalue weighted by molar-refractivity contribution is 5.71. The minimum atomic E-state index is -0.790. The molecule has 0 saturated carbocycles. The first-order chi connectivity index (χ1) is 32.5. The van der Waals surface area contributed by atoms with E-state index in [0.29, 0.717) is 19.3 Å². The molecule has 0 aromatic heterocycles. The van der Waals surface area contributed by atoms with Gasteiger partial charge in [0.1, 0.15) is 13.2 Å². The molecule has 0 aromatic carbocycles. The van der Waals surface area contributed by atoms with Crippen LogP contribution in [0.2, 0.25) is 0 Å². The van der Waals surface area contributed by atoms with Crippen molar-refractivity contribution in [2.45, 2.75) is 277 Å². The number of ether oxygens (including phenoxy) is 3. The van der Waals surface area contributed by atoms with Crippen molar-refractivity contribution in [1.29, 1.82) is 0 Å². The lowest BCUT2D eigenvalue weighted by atomic mass is 10.1. The molecule has 0 rings (SSSR count). The lowest BCUT2D eigenvalue weighted by Gasteiger charge is -2.18. The molecule has 0 radical (unpaired) electrons. The van der Waals surface area contributed by atoms with Crippen LogP contribution in [-0.2, 0) is 28.6 Å². The van der Waals surface area contributed by atoms with Crippen LogP contribution >= 0.6 is 0 Å². The van der Waals surface area contributed by atoms with Crippen molar-refractivity contribution in [2.75, 3.05) is 13.2 Å². The van der Waals surface area contributed by atoms with Gasteiger partial charge in [0.15, 0.2) is 6.10 Å². The van der Waals surface area contributed by atoms with E-state index in [1.165, 1.54) is 128 Å². The summed E-state index contributed by atoms with van der Waals surface area (Å²) in [4.78, 5) is 38.1. The Balaban J connectivity index is 4.40. The SMILES string of the molecule is CC/C=C\C/C=C\C/C=C\CCCCCCCCCCCC(=O)OCC(COC(=O)CCCCC/C=C\CCCCCCCCC)OC(=O)CCCCCCCC/C=C\C=C/CCCCC. The summed E-state index contributed by atoms with van der Waals surface area (Å²) in [6, 6.07) is 0. The molecule has 0 aliphatic rings. The van der Waals surface area contributed by atoms with Crippen LogP contribution in [0.1, 0.15) is 271 Å². The van der Waals surface area contributed by atoms with Gasteiger partial charge in [-0.2, -0.15) is 0 Å². The Hall–Kier alpha value is -3.15. The Kier molecular flexibility index (Phi) is 51.9. The van der Waals surface area contributed by atoms with Crippen LogP contribution in [-0.4, -0.2) is 37.2 Å². The van der Waals surface area contributed by atoms with Crippen molar-refractivity contribution in [3.05, 3.63) is 72.9 Å². The monoisotopic (exact) mass is 921 g/mol. The van der Waals surface area contributed by atoms with Gasteiger partial charge in [0.25, 0.3) is 0 Å². The van der Waals surface area contributed by atoms with Gasteiger partial charge < -0.3 is 14.2 Å². The van der Waals surface area contributed by atoms with E-state index in [1.54, 1.807) is 0 Å². The van der Waals surface area contributed by atoms with E-state index in [0.717, 1.165) is 103 Å². The maximum absolute atomic E-state index is 12.8. The van der Waals surface area contributed by atoms with Crippen molar-refractivity contribution >= 4 is 17.9 Å². The van der Waals surface area contributed by atoms with Gasteiger partial charge in [-0.3, -0.25) is 14.4 Å². The van der Waals surface area contributed by atoms with Crippen molar-refractivity contribution in [3.63, 3.8) is 0 Å². The largest absolute Gasteiger partial charge is 0.462 e. The van der Waals surface area contributed by atoms with Gasteiger partial charge >= 0.3 is 17.9 Å². The van der Waals surface area contributed by atoms with Crippen LogP contribution in [0.5, 0.6) is 0 Å². The second-order valence-electron chi connectivity index (χ2n) is 18.5. The minimum Gasteiger partial charge on any atom is -0.462 e. The smallest absolute Gasteiger partial charge is 0.306 e. The number of carbonyl (C=O) groups is 3. The van der Waals surface area contributed by atoms with Gasteiger partial charge in [0, 0.05) is 19.3 Å². The average Bonchev–Trinajstić information content (AvgIpc) is 3.31. The third-order valence-electron chi connectivity index (χ3n) is 11.9. The number of allylic oxidation sites excluding steroid dienone is 12. The molecule has 66 heavy (non-hydrogen) atoms. The van der Waals surface area contributed by atoms with E-state index >= 15 is 0 Å². The fourth-order valence-electron chi connectivity index (χ4n) is 7.74. The van der Waals surface area contributed by atoms with Crippen molar-refractivity contribution in [2.24, 2.45) is 0 Å². The van der Waals surface area contributed by atoms with E-state index in [4.69, 9.17) is 14.2 Å². The Labute approximate surface area is 408 Å². The van der Waals surface area contributed by atoms with Gasteiger partial charge in [0.2, 0.25) is 0 Å². The van der Waals surface area contributed by atoms with Crippen LogP contribution in [0.4, 0.5) is 0 Å². The second kappa shape index (κ2) is 54.5. The molecule has 0 aromatic rings. The van der Waals surface area contributed by atoms with E-state index in [-0.39, 0.29) is 31.1 Å². The number of unbranched alkanes of at least 4 members (excludes halogenated alkanes) is 28. The summed E-state index contributed by atoms with van der Waals surface area (Å²) < 4.78 is 16.8. The lowest BCUT2D eigenvalue weighted by Crippen LogP contribution is -2.30. The summed E-state index contributed by atoms with van der Waals surface area (Å²) in [5.41, 5.74) is 0. The lowest BCUT2D eigenvalue weighted by molar-refractivity contribution is -0.167. The summed E-state index contributed by atoms with van der Waals surface area (Å²) in [6.07, 6.45) is 68.8. The molecule has 1 unspecified atom stereocenters. The van der Waals surface area contributed by atoms with Crippen LogP contribution in [0, 0.1) is 0 Å². The quantitative estimate of drug-likeness (QED) is 0.0199. The number of rotatable bonds is 50. The first-order valence-electron chi connectivity index (χ1n) is 28.0. The molecule has 6 heteroatoms. The Morgan fingerprint density at radius 3 is 1.08 bits per heavy atom. The number of carbonyl (C=O) groups excluding carboxylic acids is 3. The Morgan fingerprint density at radius 2 is 0.636 bits per heavy atom. The molecule has 0 bridgehead atoms. The topological polar surface area (TPSA) is 78.9 Å². The maximum atomic E-state index is 12.8. The van der Waals surface area contributed by atoms with Crippen molar-refractivity contribution in [3.8, 4) is 0 Å². The average molecular weight is 921 g/mol. The normalized spacial score (nSPS) is 12.6. The molecule has 0 heterocycles. The third kappa shape index (κ3) is 51.8. The molecule has 0 N–H and O–H groups in total. The summed E-state index contributed by atoms with van der Waals surface area (Å²) in [7, 11) is 0. The second-order valence-corrected chi connectivity index (χ2v) is 18.5. The predicted molar refractivity (Wildman–Crippen MR) is 284 cm³/mol. The standard InChI is InChI=1S/C60H104O6/c1-4-7-10-13-16-19-22-25-28-29-30-31-33-35-38-41-44-47-50-53-59(62)65-56-57(55-64-58(61)52-49-46-43-40-37-34-27-24-21-18-15-12-9-6-3)66-60(63)54-51-48-45-42-39-36-32-26-23-20-17-14-11-8-5-2/h7,10,16-17,19-20,23,25-26,28,34,37,57H,4-6,8-9,11-15,18,21-22,24,27,29-33,35-36,38-56H2,1-3H3/b10-7-,19-16-,20-17-,26-23-,28-25-,37-34-. The number of hydrogen-bond acceptors (Lipinski definition) is 6. The molecule has 0 amide bonds. The molecule has 0 spiro atoms. The number of hydrogen-bond donors (Lipinski definition) is 0. The van der Waals surface area contributed by atoms with E-state index in [1.807, 2.05) is 0 Å². The maximum Gasteiger partial charge on any atom is 0.306 e. The van der Waals surface area contributed by atoms with E-state index in [2.05, 4.69) is 93.7 Å². The summed E-state index contributed by atoms with van der Waals surface area (Å²) >= 11 is 0. The highest BCUT2D eigenvalue weighted by Crippen LogP contribution is 2.15. The molecular formula is C60H104O6. The molecule has 0 fully saturated rings. The molecule has 380 valence electrons. The van der Waals surface area contributed by atoms with Crippen LogP contribution in [0.25, 0.3) is 0 Å². The fourth-order valence-corrected chi connectivity index (χ4v) is 7.74. The summed E-state index contributed by atoms with van der Waals surface area (Å²) in [5.74, 6) is -0.914.